The summed E-state index contributed by atoms with van der Waals surface area (Å²) in [6.45, 7) is 10.3. The van der Waals surface area contributed by atoms with E-state index in [0.717, 1.165) is 15.9 Å². The molecule has 1 aromatic heterocycles. The number of rotatable bonds is 6. The van der Waals surface area contributed by atoms with Crippen molar-refractivity contribution in [3.05, 3.63) is 0 Å². The second-order valence-electron chi connectivity index (χ2n) is 5.41. The largest absolute Gasteiger partial charge is 0.355 e. The van der Waals surface area contributed by atoms with Crippen LogP contribution in [0.2, 0.25) is 0 Å². The van der Waals surface area contributed by atoms with Crippen molar-refractivity contribution in [1.82, 2.24) is 15.5 Å². The Hall–Kier alpha value is -0.820. The number of nitrogens with one attached hydrogen (secondary N) is 2. The summed E-state index contributed by atoms with van der Waals surface area (Å²) in [4.78, 5) is 11.6. The van der Waals surface area contributed by atoms with Crippen molar-refractivity contribution in [3.8, 4) is 0 Å². The van der Waals surface area contributed by atoms with Gasteiger partial charge in [0.1, 0.15) is 0 Å². The van der Waals surface area contributed by atoms with Crippen molar-refractivity contribution >= 4 is 34.1 Å². The lowest BCUT2D eigenvalue weighted by molar-refractivity contribution is -0.119. The number of hydrogen-bond donors (Lipinski definition) is 2. The van der Waals surface area contributed by atoms with Gasteiger partial charge in [-0.25, -0.2) is 0 Å². The number of carbonyl (C=O) groups is 1. The normalized spacial score (nSPS) is 13.1. The molecule has 0 aliphatic heterocycles. The average molecular weight is 302 g/mol. The van der Waals surface area contributed by atoms with Gasteiger partial charge < -0.3 is 10.6 Å². The van der Waals surface area contributed by atoms with E-state index in [9.17, 15) is 4.79 Å². The molecule has 0 aliphatic rings. The Morgan fingerprint density at radius 2 is 2.11 bits per heavy atom. The van der Waals surface area contributed by atoms with Gasteiger partial charge >= 0.3 is 0 Å². The first-order valence-corrected chi connectivity index (χ1v) is 8.14. The third-order valence-electron chi connectivity index (χ3n) is 2.23. The zero-order valence-corrected chi connectivity index (χ0v) is 13.7. The van der Waals surface area contributed by atoms with Crippen LogP contribution in [0.25, 0.3) is 0 Å². The number of nitrogens with zero attached hydrogens (tertiary/aromatic N) is 2. The molecule has 0 radical (unpaired) electrons. The summed E-state index contributed by atoms with van der Waals surface area (Å²) < 4.78 is 0.811. The van der Waals surface area contributed by atoms with Gasteiger partial charge in [0, 0.05) is 11.6 Å². The molecule has 0 saturated heterocycles. The zero-order chi connectivity index (χ0) is 14.5. The highest BCUT2D eigenvalue weighted by Gasteiger charge is 2.14. The Bertz CT molecular complexity index is 414. The van der Waals surface area contributed by atoms with Gasteiger partial charge in [-0.15, -0.1) is 10.2 Å². The average Bonchev–Trinajstić information content (AvgIpc) is 2.71. The van der Waals surface area contributed by atoms with Crippen LogP contribution in [0.15, 0.2) is 4.34 Å². The lowest BCUT2D eigenvalue weighted by atomic mass is 10.1. The van der Waals surface area contributed by atoms with Crippen LogP contribution in [0.5, 0.6) is 0 Å². The molecule has 0 spiro atoms. The molecule has 1 aromatic rings. The van der Waals surface area contributed by atoms with Crippen LogP contribution >= 0.6 is 23.1 Å². The smallest absolute Gasteiger partial charge is 0.230 e. The van der Waals surface area contributed by atoms with Gasteiger partial charge in [0.2, 0.25) is 11.0 Å². The van der Waals surface area contributed by atoms with Crippen LogP contribution in [0, 0.1) is 0 Å². The van der Waals surface area contributed by atoms with E-state index in [-0.39, 0.29) is 17.5 Å². The predicted octanol–water partition coefficient (Wildman–Crippen LogP) is 2.76. The Morgan fingerprint density at radius 1 is 1.42 bits per heavy atom. The summed E-state index contributed by atoms with van der Waals surface area (Å²) in [5, 5.41) is 15.1. The van der Waals surface area contributed by atoms with Crippen LogP contribution in [0.3, 0.4) is 0 Å². The van der Waals surface area contributed by atoms with E-state index in [1.165, 1.54) is 23.1 Å². The Labute approximate surface area is 123 Å². The number of aromatic nitrogens is 2. The number of carbonyl (C=O) groups excluding carboxylic acids is 1. The summed E-state index contributed by atoms with van der Waals surface area (Å²) in [5.41, 5.74) is -0.0323. The Kier molecular flexibility index (Phi) is 6.06. The standard InChI is InChI=1S/C12H22N4OS2/c1-6-8(2)13-9(17)7-18-11-16-15-10(19-11)14-12(3,4)5/h8H,6-7H2,1-5H3,(H,13,17)(H,14,15). The number of hydrogen-bond acceptors (Lipinski definition) is 6. The predicted molar refractivity (Wildman–Crippen MR) is 81.9 cm³/mol. The molecule has 1 rings (SSSR count). The minimum Gasteiger partial charge on any atom is -0.355 e. The number of amides is 1. The Balaban J connectivity index is 2.40. The molecule has 19 heavy (non-hydrogen) atoms. The number of thioether (sulfide) groups is 1. The quantitative estimate of drug-likeness (QED) is 0.791. The van der Waals surface area contributed by atoms with Crippen LogP contribution in [-0.2, 0) is 4.79 Å². The molecular formula is C12H22N4OS2. The summed E-state index contributed by atoms with van der Waals surface area (Å²) >= 11 is 2.90. The van der Waals surface area contributed by atoms with Crippen molar-refractivity contribution in [2.75, 3.05) is 11.1 Å². The first-order chi connectivity index (χ1) is 8.80. The van der Waals surface area contributed by atoms with Crippen LogP contribution < -0.4 is 10.6 Å². The van der Waals surface area contributed by atoms with Gasteiger partial charge in [0.15, 0.2) is 4.34 Å². The minimum atomic E-state index is -0.0323. The van der Waals surface area contributed by atoms with Crippen molar-refractivity contribution in [1.29, 1.82) is 0 Å². The molecule has 2 N–H and O–H groups in total. The van der Waals surface area contributed by atoms with Gasteiger partial charge in [-0.05, 0) is 34.1 Å². The maximum atomic E-state index is 11.6. The van der Waals surface area contributed by atoms with E-state index in [2.05, 4.69) is 41.6 Å². The highest BCUT2D eigenvalue weighted by molar-refractivity contribution is 8.01. The second-order valence-corrected chi connectivity index (χ2v) is 7.61. The van der Waals surface area contributed by atoms with Gasteiger partial charge in [-0.1, -0.05) is 30.0 Å². The molecule has 7 heteroatoms. The maximum Gasteiger partial charge on any atom is 0.230 e. The van der Waals surface area contributed by atoms with Crippen molar-refractivity contribution in [2.24, 2.45) is 0 Å². The molecule has 1 amide bonds. The van der Waals surface area contributed by atoms with Crippen molar-refractivity contribution in [3.63, 3.8) is 0 Å². The molecule has 108 valence electrons. The van der Waals surface area contributed by atoms with Crippen LogP contribution in [-0.4, -0.2) is 33.4 Å². The van der Waals surface area contributed by atoms with E-state index < -0.39 is 0 Å². The molecule has 1 heterocycles. The van der Waals surface area contributed by atoms with Crippen LogP contribution in [0.1, 0.15) is 41.0 Å². The molecule has 0 fully saturated rings. The highest BCUT2D eigenvalue weighted by Crippen LogP contribution is 2.26. The summed E-state index contributed by atoms with van der Waals surface area (Å²) in [6, 6.07) is 0.223. The topological polar surface area (TPSA) is 66.9 Å². The van der Waals surface area contributed by atoms with Gasteiger partial charge in [-0.2, -0.15) is 0 Å². The fourth-order valence-electron chi connectivity index (χ4n) is 1.19. The Morgan fingerprint density at radius 3 is 2.68 bits per heavy atom. The maximum absolute atomic E-state index is 11.6. The fraction of sp³-hybridized carbons (Fsp3) is 0.750. The highest BCUT2D eigenvalue weighted by atomic mass is 32.2. The van der Waals surface area contributed by atoms with E-state index in [0.29, 0.717) is 5.75 Å². The summed E-state index contributed by atoms with van der Waals surface area (Å²) in [6.07, 6.45) is 0.939. The van der Waals surface area contributed by atoms with E-state index in [1.807, 2.05) is 13.8 Å². The van der Waals surface area contributed by atoms with Gasteiger partial charge in [0.05, 0.1) is 5.75 Å². The van der Waals surface area contributed by atoms with E-state index in [4.69, 9.17) is 0 Å². The lowest BCUT2D eigenvalue weighted by Gasteiger charge is -2.18. The molecule has 0 aliphatic carbocycles. The van der Waals surface area contributed by atoms with E-state index >= 15 is 0 Å². The molecule has 5 nitrogen and oxygen atoms in total. The zero-order valence-electron chi connectivity index (χ0n) is 12.1. The van der Waals surface area contributed by atoms with Crippen molar-refractivity contribution in [2.45, 2.75) is 57.0 Å². The van der Waals surface area contributed by atoms with Crippen molar-refractivity contribution < 1.29 is 4.79 Å². The third kappa shape index (κ3) is 6.77. The second kappa shape index (κ2) is 7.09. The van der Waals surface area contributed by atoms with Gasteiger partial charge in [-0.3, -0.25) is 4.79 Å². The molecule has 0 aromatic carbocycles. The SMILES string of the molecule is CCC(C)NC(=O)CSc1nnc(NC(C)(C)C)s1. The summed E-state index contributed by atoms with van der Waals surface area (Å²) in [5.74, 6) is 0.425. The molecule has 1 unspecified atom stereocenters. The molecule has 1 atom stereocenters. The first-order valence-electron chi connectivity index (χ1n) is 6.34. The summed E-state index contributed by atoms with van der Waals surface area (Å²) in [7, 11) is 0. The molecule has 0 bridgehead atoms. The van der Waals surface area contributed by atoms with E-state index in [1.54, 1.807) is 0 Å². The first kappa shape index (κ1) is 16.2. The van der Waals surface area contributed by atoms with Gasteiger partial charge in [0.25, 0.3) is 0 Å². The monoisotopic (exact) mass is 302 g/mol. The minimum absolute atomic E-state index is 0.0323. The molecular weight excluding hydrogens is 280 g/mol. The molecule has 0 saturated carbocycles. The number of anilines is 1. The lowest BCUT2D eigenvalue weighted by Crippen LogP contribution is -2.33. The third-order valence-corrected chi connectivity index (χ3v) is 4.21. The van der Waals surface area contributed by atoms with Crippen LogP contribution in [0.4, 0.5) is 5.13 Å². The fourth-order valence-corrected chi connectivity index (χ4v) is 2.96.